The molecule has 0 aromatic rings. The Morgan fingerprint density at radius 3 is 2.87 bits per heavy atom. The summed E-state index contributed by atoms with van der Waals surface area (Å²) in [6.07, 6.45) is 3.12. The molecule has 1 saturated heterocycles. The van der Waals surface area contributed by atoms with Crippen molar-refractivity contribution in [2.45, 2.75) is 44.7 Å². The van der Waals surface area contributed by atoms with Crippen LogP contribution in [0.1, 0.15) is 33.1 Å². The lowest BCUT2D eigenvalue weighted by atomic mass is 10.0. The fraction of sp³-hybridized carbons (Fsp3) is 0.818. The fourth-order valence-corrected chi connectivity index (χ4v) is 2.47. The molecule has 2 fully saturated rings. The maximum Gasteiger partial charge on any atom is 0.241 e. The maximum absolute atomic E-state index is 11.9. The molecule has 15 heavy (non-hydrogen) atoms. The Hall–Kier alpha value is -0.900. The first-order valence-electron chi connectivity index (χ1n) is 5.66. The molecular formula is C11H18N2O2. The van der Waals surface area contributed by atoms with E-state index in [2.05, 4.69) is 17.6 Å². The lowest BCUT2D eigenvalue weighted by molar-refractivity contribution is -0.131. The summed E-state index contributed by atoms with van der Waals surface area (Å²) in [4.78, 5) is 23.0. The average Bonchev–Trinajstić information content (AvgIpc) is 2.86. The number of rotatable bonds is 3. The zero-order valence-corrected chi connectivity index (χ0v) is 9.30. The first kappa shape index (κ1) is 10.6. The molecule has 1 saturated carbocycles. The smallest absolute Gasteiger partial charge is 0.241 e. The number of ketones is 1. The van der Waals surface area contributed by atoms with Crippen LogP contribution in [0.25, 0.3) is 0 Å². The van der Waals surface area contributed by atoms with Crippen molar-refractivity contribution in [3.8, 4) is 0 Å². The van der Waals surface area contributed by atoms with Crippen molar-refractivity contribution < 1.29 is 9.59 Å². The van der Waals surface area contributed by atoms with Crippen molar-refractivity contribution >= 4 is 11.7 Å². The van der Waals surface area contributed by atoms with Gasteiger partial charge in [-0.1, -0.05) is 13.3 Å². The van der Waals surface area contributed by atoms with E-state index >= 15 is 0 Å². The summed E-state index contributed by atoms with van der Waals surface area (Å²) in [7, 11) is 0. The van der Waals surface area contributed by atoms with Crippen LogP contribution in [-0.4, -0.2) is 29.8 Å². The first-order valence-corrected chi connectivity index (χ1v) is 5.66. The zero-order chi connectivity index (χ0) is 11.1. The Labute approximate surface area is 89.8 Å². The van der Waals surface area contributed by atoms with Crippen molar-refractivity contribution in [1.29, 1.82) is 0 Å². The zero-order valence-electron chi connectivity index (χ0n) is 9.30. The highest BCUT2D eigenvalue weighted by Crippen LogP contribution is 2.47. The molecule has 84 valence electrons. The number of amides is 1. The van der Waals surface area contributed by atoms with Crippen LogP contribution in [0.5, 0.6) is 0 Å². The molecule has 0 aromatic carbocycles. The summed E-state index contributed by atoms with van der Waals surface area (Å²) < 4.78 is 0. The number of carbonyl (C=O) groups is 2. The lowest BCUT2D eigenvalue weighted by Crippen LogP contribution is -2.62. The van der Waals surface area contributed by atoms with Crippen molar-refractivity contribution in [3.63, 3.8) is 0 Å². The van der Waals surface area contributed by atoms with Crippen LogP contribution in [0.4, 0.5) is 0 Å². The molecule has 4 nitrogen and oxygen atoms in total. The van der Waals surface area contributed by atoms with Gasteiger partial charge in [-0.05, 0) is 25.7 Å². The highest BCUT2D eigenvalue weighted by Gasteiger charge is 2.61. The van der Waals surface area contributed by atoms with Gasteiger partial charge in [0.25, 0.3) is 0 Å². The monoisotopic (exact) mass is 210 g/mol. The minimum atomic E-state index is -0.331. The molecule has 4 heteroatoms. The third kappa shape index (κ3) is 1.67. The second-order valence-corrected chi connectivity index (χ2v) is 4.68. The van der Waals surface area contributed by atoms with Gasteiger partial charge in [0.15, 0.2) is 5.78 Å². The summed E-state index contributed by atoms with van der Waals surface area (Å²) in [5.41, 5.74) is -0.331. The number of hydrogen-bond donors (Lipinski definition) is 2. The van der Waals surface area contributed by atoms with Crippen LogP contribution in [0, 0.1) is 5.92 Å². The third-order valence-corrected chi connectivity index (χ3v) is 3.57. The highest BCUT2D eigenvalue weighted by molar-refractivity contribution is 5.96. The number of piperazine rings is 1. The number of nitrogens with one attached hydrogen (secondary N) is 2. The molecule has 0 radical (unpaired) electrons. The predicted molar refractivity (Wildman–Crippen MR) is 56.4 cm³/mol. The minimum Gasteiger partial charge on any atom is -0.343 e. The van der Waals surface area contributed by atoms with E-state index in [9.17, 15) is 9.59 Å². The van der Waals surface area contributed by atoms with E-state index < -0.39 is 0 Å². The van der Waals surface area contributed by atoms with E-state index in [1.54, 1.807) is 0 Å². The maximum atomic E-state index is 11.9. The Morgan fingerprint density at radius 1 is 1.60 bits per heavy atom. The van der Waals surface area contributed by atoms with Crippen molar-refractivity contribution in [2.24, 2.45) is 5.92 Å². The van der Waals surface area contributed by atoms with Crippen molar-refractivity contribution in [2.75, 3.05) is 6.54 Å². The molecule has 2 aliphatic rings. The van der Waals surface area contributed by atoms with E-state index in [0.29, 0.717) is 12.5 Å². The minimum absolute atomic E-state index is 0.0207. The van der Waals surface area contributed by atoms with Gasteiger partial charge in [0.2, 0.25) is 5.91 Å². The van der Waals surface area contributed by atoms with Crippen LogP contribution in [0.3, 0.4) is 0 Å². The third-order valence-electron chi connectivity index (χ3n) is 3.57. The van der Waals surface area contributed by atoms with E-state index in [1.807, 2.05) is 0 Å². The predicted octanol–water partition coefficient (Wildman–Crippen LogP) is 0.222. The number of carbonyl (C=O) groups excluding carboxylic acids is 2. The van der Waals surface area contributed by atoms with Gasteiger partial charge in [0, 0.05) is 6.54 Å². The largest absolute Gasteiger partial charge is 0.343 e. The van der Waals surface area contributed by atoms with Crippen LogP contribution in [0.15, 0.2) is 0 Å². The molecule has 1 unspecified atom stereocenters. The summed E-state index contributed by atoms with van der Waals surface area (Å²) in [6.45, 7) is 4.23. The molecule has 1 amide bonds. The van der Waals surface area contributed by atoms with Crippen LogP contribution in [0.2, 0.25) is 0 Å². The molecule has 0 bridgehead atoms. The van der Waals surface area contributed by atoms with Crippen LogP contribution >= 0.6 is 0 Å². The Morgan fingerprint density at radius 2 is 2.33 bits per heavy atom. The van der Waals surface area contributed by atoms with Gasteiger partial charge in [-0.3, -0.25) is 9.59 Å². The molecule has 2 N–H and O–H groups in total. The second-order valence-electron chi connectivity index (χ2n) is 4.68. The van der Waals surface area contributed by atoms with E-state index in [1.165, 1.54) is 6.92 Å². The number of Topliss-reactive ketones (excluding diaryl/α,β-unsaturated/α-hetero) is 1. The van der Waals surface area contributed by atoms with Gasteiger partial charge in [-0.15, -0.1) is 0 Å². The Balaban J connectivity index is 1.97. The molecule has 1 heterocycles. The van der Waals surface area contributed by atoms with Crippen molar-refractivity contribution in [1.82, 2.24) is 10.6 Å². The van der Waals surface area contributed by atoms with Gasteiger partial charge in [0.1, 0.15) is 5.54 Å². The fourth-order valence-electron chi connectivity index (χ4n) is 2.47. The topological polar surface area (TPSA) is 58.2 Å². The summed E-state index contributed by atoms with van der Waals surface area (Å²) in [6, 6.07) is -0.328. The lowest BCUT2D eigenvalue weighted by Gasteiger charge is -2.30. The first-order chi connectivity index (χ1) is 7.10. The van der Waals surface area contributed by atoms with Crippen LogP contribution < -0.4 is 10.6 Å². The molecule has 1 aliphatic heterocycles. The molecule has 1 spiro atoms. The van der Waals surface area contributed by atoms with Gasteiger partial charge in [-0.25, -0.2) is 0 Å². The number of hydrogen-bond acceptors (Lipinski definition) is 3. The normalized spacial score (nSPS) is 38.9. The highest BCUT2D eigenvalue weighted by atomic mass is 16.2. The van der Waals surface area contributed by atoms with Crippen molar-refractivity contribution in [3.05, 3.63) is 0 Å². The van der Waals surface area contributed by atoms with Gasteiger partial charge < -0.3 is 10.6 Å². The quantitative estimate of drug-likeness (QED) is 0.700. The van der Waals surface area contributed by atoms with Gasteiger partial charge in [0.05, 0.1) is 6.04 Å². The second kappa shape index (κ2) is 3.59. The average molecular weight is 210 g/mol. The molecular weight excluding hydrogens is 192 g/mol. The van der Waals surface area contributed by atoms with Gasteiger partial charge >= 0.3 is 0 Å². The summed E-state index contributed by atoms with van der Waals surface area (Å²) in [5, 5.41) is 6.06. The van der Waals surface area contributed by atoms with Crippen LogP contribution in [-0.2, 0) is 9.59 Å². The van der Waals surface area contributed by atoms with Gasteiger partial charge in [-0.2, -0.15) is 0 Å². The summed E-state index contributed by atoms with van der Waals surface area (Å²) >= 11 is 0. The molecule has 3 atom stereocenters. The molecule has 0 aromatic heterocycles. The SMILES string of the molecule is CCCC1C[C@]12NC[C@H](C(C)=O)NC2=O. The summed E-state index contributed by atoms with van der Waals surface area (Å²) in [5.74, 6) is 0.515. The van der Waals surface area contributed by atoms with E-state index in [4.69, 9.17) is 0 Å². The van der Waals surface area contributed by atoms with E-state index in [-0.39, 0.29) is 23.3 Å². The Bertz CT molecular complexity index is 303. The molecule has 1 aliphatic carbocycles. The van der Waals surface area contributed by atoms with E-state index in [0.717, 1.165) is 19.3 Å². The standard InChI is InChI=1S/C11H18N2O2/c1-3-4-8-5-11(8)10(15)13-9(6-12-11)7(2)14/h8-9,12H,3-6H2,1-2H3,(H,13,15)/t8?,9-,11+/m1/s1. The molecule has 2 rings (SSSR count). The Kier molecular flexibility index (Phi) is 2.54.